The summed E-state index contributed by atoms with van der Waals surface area (Å²) in [4.78, 5) is 16.1. The zero-order valence-corrected chi connectivity index (χ0v) is 20.8. The smallest absolute Gasteiger partial charge is 0.316 e. The fourth-order valence-electron chi connectivity index (χ4n) is 4.98. The number of halogens is 6. The minimum atomic E-state index is -4.75. The van der Waals surface area contributed by atoms with Gasteiger partial charge in [0, 0.05) is 37.9 Å². The third-order valence-corrected chi connectivity index (χ3v) is 7.23. The van der Waals surface area contributed by atoms with Gasteiger partial charge in [-0.1, -0.05) is 12.1 Å². The Hall–Kier alpha value is -3.92. The van der Waals surface area contributed by atoms with Crippen LogP contribution >= 0.6 is 0 Å². The number of nitriles is 1. The number of alkyl halides is 6. The number of nitrogens with zero attached hydrogens (tertiary/aromatic N) is 6. The molecule has 0 bridgehead atoms. The Morgan fingerprint density at radius 3 is 2.44 bits per heavy atom. The average molecular weight is 548 g/mol. The van der Waals surface area contributed by atoms with Crippen LogP contribution in [0.15, 0.2) is 42.7 Å². The van der Waals surface area contributed by atoms with Crippen molar-refractivity contribution in [3.8, 4) is 6.07 Å². The van der Waals surface area contributed by atoms with Crippen molar-refractivity contribution in [3.63, 3.8) is 0 Å². The van der Waals surface area contributed by atoms with Crippen molar-refractivity contribution >= 4 is 11.6 Å². The van der Waals surface area contributed by atoms with Gasteiger partial charge in [-0.15, -0.1) is 10.2 Å². The van der Waals surface area contributed by atoms with Crippen LogP contribution in [0.2, 0.25) is 0 Å². The summed E-state index contributed by atoms with van der Waals surface area (Å²) in [6.45, 7) is 1.18. The molecule has 13 heteroatoms. The highest BCUT2D eigenvalue weighted by Crippen LogP contribution is 2.48. The van der Waals surface area contributed by atoms with Crippen LogP contribution in [0.3, 0.4) is 0 Å². The van der Waals surface area contributed by atoms with E-state index in [0.29, 0.717) is 20.0 Å². The van der Waals surface area contributed by atoms with Crippen LogP contribution in [0.25, 0.3) is 0 Å². The molecule has 0 saturated carbocycles. The Labute approximate surface area is 219 Å². The summed E-state index contributed by atoms with van der Waals surface area (Å²) in [5.41, 5.74) is -4.91. The number of hydrogen-bond donors (Lipinski definition) is 0. The monoisotopic (exact) mass is 548 g/mol. The molecule has 1 saturated heterocycles. The first-order valence-corrected chi connectivity index (χ1v) is 11.9. The number of rotatable bonds is 6. The zero-order valence-electron chi connectivity index (χ0n) is 20.8. The minimum absolute atomic E-state index is 0.0272. The number of benzene rings is 2. The van der Waals surface area contributed by atoms with Crippen molar-refractivity contribution in [3.05, 3.63) is 76.4 Å². The second-order valence-corrected chi connectivity index (χ2v) is 9.97. The van der Waals surface area contributed by atoms with Crippen LogP contribution < -0.4 is 4.90 Å². The lowest BCUT2D eigenvalue weighted by Crippen LogP contribution is -2.45. The molecule has 0 N–H and O–H groups in total. The first kappa shape index (κ1) is 26.7. The largest absolute Gasteiger partial charge is 0.416 e. The Bertz CT molecular complexity index is 1480. The molecule has 39 heavy (non-hydrogen) atoms. The number of amides is 1. The summed E-state index contributed by atoms with van der Waals surface area (Å²) in [6, 6.07) is 9.23. The van der Waals surface area contributed by atoms with Crippen molar-refractivity contribution < 1.29 is 31.1 Å². The highest BCUT2D eigenvalue weighted by Gasteiger charge is 2.57. The number of aromatic nitrogens is 3. The van der Waals surface area contributed by atoms with Crippen molar-refractivity contribution in [1.82, 2.24) is 19.7 Å². The van der Waals surface area contributed by atoms with E-state index in [9.17, 15) is 18.0 Å². The van der Waals surface area contributed by atoms with Gasteiger partial charge in [0.1, 0.15) is 6.33 Å². The number of hydrogen-bond acceptors (Lipinski definition) is 5. The first-order valence-electron chi connectivity index (χ1n) is 11.9. The van der Waals surface area contributed by atoms with Gasteiger partial charge < -0.3 is 9.47 Å². The van der Waals surface area contributed by atoms with Gasteiger partial charge in [0.15, 0.2) is 0 Å². The number of carbonyl (C=O) groups is 1. The molecule has 2 aliphatic rings. The first-order chi connectivity index (χ1) is 18.2. The van der Waals surface area contributed by atoms with Crippen LogP contribution in [0.4, 0.5) is 32.0 Å². The van der Waals surface area contributed by atoms with E-state index in [4.69, 9.17) is 5.26 Å². The average Bonchev–Trinajstić information content (AvgIpc) is 3.43. The molecule has 7 nitrogen and oxygen atoms in total. The van der Waals surface area contributed by atoms with E-state index >= 15 is 13.2 Å². The number of fused-ring (bicyclic) bond motifs is 1. The van der Waals surface area contributed by atoms with Gasteiger partial charge in [0.2, 0.25) is 11.5 Å². The summed E-state index contributed by atoms with van der Waals surface area (Å²) < 4.78 is 89.1. The third kappa shape index (κ3) is 4.42. The number of likely N-dealkylation sites (tertiary alicyclic amines) is 1. The van der Waals surface area contributed by atoms with Crippen LogP contribution in [0, 0.1) is 17.2 Å². The lowest BCUT2D eigenvalue weighted by Gasteiger charge is -2.35. The van der Waals surface area contributed by atoms with Gasteiger partial charge in [-0.05, 0) is 47.9 Å². The minimum Gasteiger partial charge on any atom is -0.316 e. The maximum absolute atomic E-state index is 15.7. The molecule has 2 aliphatic heterocycles. The van der Waals surface area contributed by atoms with E-state index in [1.807, 2.05) is 0 Å². The Morgan fingerprint density at radius 1 is 1.10 bits per heavy atom. The van der Waals surface area contributed by atoms with Crippen LogP contribution in [-0.4, -0.2) is 38.7 Å². The van der Waals surface area contributed by atoms with E-state index in [1.54, 1.807) is 4.90 Å². The summed E-state index contributed by atoms with van der Waals surface area (Å²) in [6.07, 6.45) is -3.75. The quantitative estimate of drug-likeness (QED) is 0.409. The molecule has 1 atom stereocenters. The molecular formula is C26H22F6N6O. The fourth-order valence-corrected chi connectivity index (χ4v) is 4.98. The summed E-state index contributed by atoms with van der Waals surface area (Å²) in [7, 11) is 1.24. The van der Waals surface area contributed by atoms with Crippen molar-refractivity contribution in [2.24, 2.45) is 13.0 Å². The lowest BCUT2D eigenvalue weighted by atomic mass is 9.90. The van der Waals surface area contributed by atoms with Gasteiger partial charge in [0.05, 0.1) is 24.1 Å². The number of anilines is 1. The third-order valence-electron chi connectivity index (χ3n) is 7.23. The normalized spacial score (nSPS) is 18.0. The number of carbonyl (C=O) groups excluding carboxylic acids is 1. The Kier molecular flexibility index (Phi) is 6.21. The van der Waals surface area contributed by atoms with Crippen molar-refractivity contribution in [2.75, 3.05) is 18.0 Å². The zero-order chi connectivity index (χ0) is 28.3. The Balaban J connectivity index is 1.48. The van der Waals surface area contributed by atoms with E-state index < -0.39 is 47.2 Å². The van der Waals surface area contributed by atoms with E-state index in [2.05, 4.69) is 16.3 Å². The van der Waals surface area contributed by atoms with Gasteiger partial charge in [-0.25, -0.2) is 4.39 Å². The topological polar surface area (TPSA) is 78.1 Å². The molecule has 0 radical (unpaired) electrons. The molecule has 1 aromatic heterocycles. The van der Waals surface area contributed by atoms with Gasteiger partial charge >= 0.3 is 12.1 Å². The molecule has 204 valence electrons. The maximum atomic E-state index is 15.7. The molecule has 3 heterocycles. The maximum Gasteiger partial charge on any atom is 0.416 e. The molecule has 1 amide bonds. The molecule has 2 aromatic carbocycles. The highest BCUT2D eigenvalue weighted by atomic mass is 19.4. The molecular weight excluding hydrogens is 526 g/mol. The van der Waals surface area contributed by atoms with Gasteiger partial charge in [0.25, 0.3) is 5.91 Å². The van der Waals surface area contributed by atoms with Crippen molar-refractivity contribution in [1.29, 1.82) is 5.26 Å². The Morgan fingerprint density at radius 2 is 1.82 bits per heavy atom. The standard InChI is InChI=1S/C26H22F6N6O/c1-24(27,25(28,29)23-35-34-14-36(23)2)17-4-3-5-18(8-17)38-13-20-19(22(38)39)6-15(7-21(20)26(30,31)32)10-37-11-16(9-33)12-37/h3-8,14,16H,10-13H2,1-2H3. The van der Waals surface area contributed by atoms with Crippen LogP contribution in [-0.2, 0) is 37.9 Å². The highest BCUT2D eigenvalue weighted by molar-refractivity contribution is 6.10. The van der Waals surface area contributed by atoms with Crippen LogP contribution in [0.5, 0.6) is 0 Å². The molecule has 3 aromatic rings. The summed E-state index contributed by atoms with van der Waals surface area (Å²) in [5.74, 6) is -5.97. The van der Waals surface area contributed by atoms with E-state index in [1.165, 1.54) is 25.2 Å². The summed E-state index contributed by atoms with van der Waals surface area (Å²) in [5, 5.41) is 15.7. The second kappa shape index (κ2) is 9.08. The van der Waals surface area contributed by atoms with Crippen LogP contribution in [0.1, 0.15) is 45.4 Å². The van der Waals surface area contributed by atoms with E-state index in [0.717, 1.165) is 34.0 Å². The predicted octanol–water partition coefficient (Wildman–Crippen LogP) is 4.93. The van der Waals surface area contributed by atoms with Crippen molar-refractivity contribution in [2.45, 2.75) is 37.8 Å². The molecule has 0 aliphatic carbocycles. The van der Waals surface area contributed by atoms with E-state index in [-0.39, 0.29) is 34.8 Å². The fraction of sp³-hybridized carbons (Fsp3) is 0.385. The summed E-state index contributed by atoms with van der Waals surface area (Å²) >= 11 is 0. The molecule has 5 rings (SSSR count). The predicted molar refractivity (Wildman–Crippen MR) is 126 cm³/mol. The SMILES string of the molecule is Cn1cnnc1C(F)(F)C(C)(F)c1cccc(N2Cc3c(cc(CN4CC(C#N)C4)cc3C(F)(F)F)C2=O)c1. The molecule has 0 spiro atoms. The lowest BCUT2D eigenvalue weighted by molar-refractivity contribution is -0.149. The molecule has 1 fully saturated rings. The van der Waals surface area contributed by atoms with Gasteiger partial charge in [-0.3, -0.25) is 9.69 Å². The second-order valence-electron chi connectivity index (χ2n) is 9.97. The number of aryl methyl sites for hydroxylation is 1. The van der Waals surface area contributed by atoms with Gasteiger partial charge in [-0.2, -0.15) is 27.2 Å². The molecule has 1 unspecified atom stereocenters.